The van der Waals surface area contributed by atoms with Gasteiger partial charge >= 0.3 is 5.97 Å². The molecule has 146 valence electrons. The Hall–Kier alpha value is -1.65. The second-order valence-corrected chi connectivity index (χ2v) is 9.17. The van der Waals surface area contributed by atoms with Crippen LogP contribution in [-0.2, 0) is 24.3 Å². The molecule has 7 nitrogen and oxygen atoms in total. The molecule has 0 fully saturated rings. The summed E-state index contributed by atoms with van der Waals surface area (Å²) in [7, 11) is -3.65. The highest BCUT2D eigenvalue weighted by Gasteiger charge is 2.19. The highest BCUT2D eigenvalue weighted by atomic mass is 35.5. The Labute approximate surface area is 170 Å². The number of hydrogen-bond acceptors (Lipinski definition) is 6. The molecule has 0 aliphatic carbocycles. The van der Waals surface area contributed by atoms with Gasteiger partial charge in [0.2, 0.25) is 10.0 Å². The second kappa shape index (κ2) is 9.52. The third-order valence-corrected chi connectivity index (χ3v) is 6.48. The summed E-state index contributed by atoms with van der Waals surface area (Å²) in [6.07, 6.45) is -1.30. The van der Waals surface area contributed by atoms with Gasteiger partial charge in [0.25, 0.3) is 5.91 Å². The lowest BCUT2D eigenvalue weighted by atomic mass is 10.3. The minimum atomic E-state index is -3.65. The number of esters is 1. The van der Waals surface area contributed by atoms with E-state index in [2.05, 4.69) is 10.0 Å². The van der Waals surface area contributed by atoms with Crippen LogP contribution in [0.2, 0.25) is 10.0 Å². The lowest BCUT2D eigenvalue weighted by molar-refractivity contribution is -0.152. The third kappa shape index (κ3) is 6.78. The molecule has 0 bridgehead atoms. The number of carbonyl (C=O) groups excluding carboxylic acids is 2. The summed E-state index contributed by atoms with van der Waals surface area (Å²) in [4.78, 5) is 23.9. The zero-order chi connectivity index (χ0) is 20.0. The fourth-order valence-electron chi connectivity index (χ4n) is 1.95. The molecular weight excluding hydrogens is 435 g/mol. The zero-order valence-electron chi connectivity index (χ0n) is 14.1. The van der Waals surface area contributed by atoms with E-state index in [0.29, 0.717) is 15.7 Å². The van der Waals surface area contributed by atoms with Crippen LogP contribution in [0.15, 0.2) is 39.9 Å². The molecule has 1 aromatic carbocycles. The van der Waals surface area contributed by atoms with Gasteiger partial charge in [0.05, 0.1) is 6.42 Å². The van der Waals surface area contributed by atoms with Gasteiger partial charge in [-0.25, -0.2) is 13.1 Å². The van der Waals surface area contributed by atoms with E-state index in [1.807, 2.05) is 0 Å². The minimum Gasteiger partial charge on any atom is -0.452 e. The van der Waals surface area contributed by atoms with E-state index in [9.17, 15) is 18.0 Å². The average Bonchev–Trinajstić information content (AvgIpc) is 3.08. The molecule has 0 aliphatic rings. The lowest BCUT2D eigenvalue weighted by Crippen LogP contribution is -2.32. The van der Waals surface area contributed by atoms with E-state index in [4.69, 9.17) is 27.9 Å². The molecule has 0 spiro atoms. The number of carbonyl (C=O) groups is 2. The fourth-order valence-corrected chi connectivity index (χ4v) is 4.55. The van der Waals surface area contributed by atoms with Gasteiger partial charge in [-0.2, -0.15) is 0 Å². The molecule has 0 aliphatic heterocycles. The summed E-state index contributed by atoms with van der Waals surface area (Å²) in [6, 6.07) is 7.58. The third-order valence-electron chi connectivity index (χ3n) is 3.19. The lowest BCUT2D eigenvalue weighted by Gasteiger charge is -2.14. The van der Waals surface area contributed by atoms with Crippen LogP contribution in [0, 0.1) is 0 Å². The van der Waals surface area contributed by atoms with Crippen LogP contribution in [0.25, 0.3) is 0 Å². The quantitative estimate of drug-likeness (QED) is 0.600. The Balaban J connectivity index is 1.80. The number of sulfonamides is 1. The van der Waals surface area contributed by atoms with Crippen molar-refractivity contribution in [1.82, 2.24) is 4.72 Å². The van der Waals surface area contributed by atoms with Crippen LogP contribution in [0.4, 0.5) is 5.69 Å². The number of halogens is 2. The van der Waals surface area contributed by atoms with Gasteiger partial charge < -0.3 is 10.1 Å². The predicted octanol–water partition coefficient (Wildman–Crippen LogP) is 3.29. The molecule has 27 heavy (non-hydrogen) atoms. The summed E-state index contributed by atoms with van der Waals surface area (Å²) in [5.41, 5.74) is 0.365. The molecule has 1 atom stereocenters. The van der Waals surface area contributed by atoms with Gasteiger partial charge in [0.15, 0.2) is 6.10 Å². The predicted molar refractivity (Wildman–Crippen MR) is 105 cm³/mol. The van der Waals surface area contributed by atoms with Crippen molar-refractivity contribution in [3.63, 3.8) is 0 Å². The van der Waals surface area contributed by atoms with E-state index in [1.54, 1.807) is 11.4 Å². The fraction of sp³-hybridized carbons (Fsp3) is 0.250. The molecule has 2 rings (SSSR count). The van der Waals surface area contributed by atoms with E-state index in [-0.39, 0.29) is 17.2 Å². The van der Waals surface area contributed by atoms with Crippen molar-refractivity contribution in [1.29, 1.82) is 0 Å². The van der Waals surface area contributed by atoms with E-state index in [0.717, 1.165) is 11.3 Å². The monoisotopic (exact) mass is 450 g/mol. The Morgan fingerprint density at radius 1 is 1.22 bits per heavy atom. The normalized spacial score (nSPS) is 12.4. The van der Waals surface area contributed by atoms with Crippen molar-refractivity contribution < 1.29 is 22.7 Å². The number of amides is 1. The van der Waals surface area contributed by atoms with Gasteiger partial charge in [-0.15, -0.1) is 11.3 Å². The summed E-state index contributed by atoms with van der Waals surface area (Å²) >= 11 is 12.8. The highest BCUT2D eigenvalue weighted by Crippen LogP contribution is 2.22. The number of benzene rings is 1. The SMILES string of the molecule is C[C@H](OC(=O)CCNS(=O)(=O)c1cccs1)C(=O)Nc1cc(Cl)cc(Cl)c1. The van der Waals surface area contributed by atoms with Gasteiger partial charge in [0, 0.05) is 22.3 Å². The van der Waals surface area contributed by atoms with Crippen molar-refractivity contribution in [2.45, 2.75) is 23.7 Å². The maximum Gasteiger partial charge on any atom is 0.307 e. The topological polar surface area (TPSA) is 102 Å². The number of rotatable bonds is 8. The summed E-state index contributed by atoms with van der Waals surface area (Å²) < 4.78 is 31.3. The smallest absolute Gasteiger partial charge is 0.307 e. The molecule has 1 heterocycles. The molecule has 1 amide bonds. The molecule has 0 unspecified atom stereocenters. The first kappa shape index (κ1) is 21.6. The first-order valence-electron chi connectivity index (χ1n) is 7.67. The average molecular weight is 451 g/mol. The number of ether oxygens (including phenoxy) is 1. The Morgan fingerprint density at radius 2 is 1.89 bits per heavy atom. The van der Waals surface area contributed by atoms with E-state index >= 15 is 0 Å². The Kier molecular flexibility index (Phi) is 7.63. The van der Waals surface area contributed by atoms with Crippen molar-refractivity contribution >= 4 is 62.1 Å². The molecule has 1 aromatic heterocycles. The summed E-state index contributed by atoms with van der Waals surface area (Å²) in [6.45, 7) is 1.26. The van der Waals surface area contributed by atoms with Crippen LogP contribution < -0.4 is 10.0 Å². The molecule has 0 saturated carbocycles. The number of nitrogens with one attached hydrogen (secondary N) is 2. The molecule has 0 radical (unpaired) electrons. The Bertz CT molecular complexity index is 897. The van der Waals surface area contributed by atoms with Crippen molar-refractivity contribution in [2.24, 2.45) is 0 Å². The minimum absolute atomic E-state index is 0.142. The van der Waals surface area contributed by atoms with Crippen LogP contribution in [0.3, 0.4) is 0 Å². The summed E-state index contributed by atoms with van der Waals surface area (Å²) in [5, 5.41) is 4.86. The second-order valence-electron chi connectivity index (χ2n) is 5.36. The van der Waals surface area contributed by atoms with Crippen LogP contribution in [0.1, 0.15) is 13.3 Å². The van der Waals surface area contributed by atoms with E-state index in [1.165, 1.54) is 31.2 Å². The van der Waals surface area contributed by atoms with E-state index < -0.39 is 28.0 Å². The van der Waals surface area contributed by atoms with Crippen LogP contribution in [0.5, 0.6) is 0 Å². The highest BCUT2D eigenvalue weighted by molar-refractivity contribution is 7.91. The molecular formula is C16H16Cl2N2O5S2. The molecule has 2 aromatic rings. The first-order valence-corrected chi connectivity index (χ1v) is 10.8. The number of anilines is 1. The summed E-state index contributed by atoms with van der Waals surface area (Å²) in [5.74, 6) is -1.28. The van der Waals surface area contributed by atoms with Gasteiger partial charge in [-0.05, 0) is 36.6 Å². The number of thiophene rings is 1. The molecule has 11 heteroatoms. The van der Waals surface area contributed by atoms with Crippen molar-refractivity contribution in [3.05, 3.63) is 45.8 Å². The zero-order valence-corrected chi connectivity index (χ0v) is 17.2. The van der Waals surface area contributed by atoms with Gasteiger partial charge in [0.1, 0.15) is 4.21 Å². The van der Waals surface area contributed by atoms with Crippen molar-refractivity contribution in [3.8, 4) is 0 Å². The van der Waals surface area contributed by atoms with Crippen molar-refractivity contribution in [2.75, 3.05) is 11.9 Å². The largest absolute Gasteiger partial charge is 0.452 e. The van der Waals surface area contributed by atoms with Crippen LogP contribution in [-0.4, -0.2) is 32.9 Å². The van der Waals surface area contributed by atoms with Gasteiger partial charge in [-0.3, -0.25) is 9.59 Å². The van der Waals surface area contributed by atoms with Crippen LogP contribution >= 0.6 is 34.5 Å². The maximum absolute atomic E-state index is 12.1. The van der Waals surface area contributed by atoms with Gasteiger partial charge in [-0.1, -0.05) is 29.3 Å². The first-order chi connectivity index (χ1) is 12.7. The Morgan fingerprint density at radius 3 is 2.48 bits per heavy atom. The molecule has 0 saturated heterocycles. The number of hydrogen-bond donors (Lipinski definition) is 2. The maximum atomic E-state index is 12.1. The standard InChI is InChI=1S/C16H16Cl2N2O5S2/c1-10(16(22)20-13-8-11(17)7-12(18)9-13)25-14(21)4-5-19-27(23,24)15-3-2-6-26-15/h2-3,6-10,19H,4-5H2,1H3,(H,20,22)/t10-/m0/s1. The molecule has 2 N–H and O–H groups in total.